The number of nitrogens with zero attached hydrogens (tertiary/aromatic N) is 4. The molecule has 0 spiro atoms. The van der Waals surface area contributed by atoms with Crippen LogP contribution in [0.25, 0.3) is 11.2 Å². The van der Waals surface area contributed by atoms with Crippen LogP contribution in [0, 0.1) is 0 Å². The second-order valence-electron chi connectivity index (χ2n) is 5.88. The summed E-state index contributed by atoms with van der Waals surface area (Å²) in [6.07, 6.45) is -0.406. The predicted octanol–water partition coefficient (Wildman–Crippen LogP) is -1.79. The number of aliphatic hydroxyl groups excluding tert-OH is 3. The van der Waals surface area contributed by atoms with Crippen LogP contribution in [-0.4, -0.2) is 84.3 Å². The highest BCUT2D eigenvalue weighted by molar-refractivity contribution is 5.82. The van der Waals surface area contributed by atoms with E-state index >= 15 is 0 Å². The van der Waals surface area contributed by atoms with Crippen LogP contribution in [0.4, 0.5) is 5.82 Å². The molecule has 25 heavy (non-hydrogen) atoms. The normalized spacial score (nSPS) is 29.4. The van der Waals surface area contributed by atoms with Gasteiger partial charge in [0.15, 0.2) is 23.2 Å². The van der Waals surface area contributed by atoms with Crippen molar-refractivity contribution in [3.05, 3.63) is 12.7 Å². The third kappa shape index (κ3) is 3.17. The largest absolute Gasteiger partial charge is 0.394 e. The van der Waals surface area contributed by atoms with Gasteiger partial charge in [-0.2, -0.15) is 0 Å². The number of rotatable bonds is 7. The van der Waals surface area contributed by atoms with Gasteiger partial charge in [0, 0.05) is 0 Å². The Balaban J connectivity index is 1.89. The standard InChI is InChI=1S/C14H21N5O6/c1-14(23)10(22)8(4-21)25-13(14)19-6-17-9-11(15-5-16-12(9)19)18-7-24-3-2-20/h5-6,8,10,13,20-23H,2-4,7H2,1H3,(H,15,16,18). The smallest absolute Gasteiger partial charge is 0.168 e. The Hall–Kier alpha value is -1.89. The molecule has 3 rings (SSSR count). The summed E-state index contributed by atoms with van der Waals surface area (Å²) in [6.45, 7) is 1.23. The van der Waals surface area contributed by atoms with E-state index in [1.165, 1.54) is 24.1 Å². The van der Waals surface area contributed by atoms with E-state index in [2.05, 4.69) is 20.3 Å². The van der Waals surface area contributed by atoms with Crippen LogP contribution in [-0.2, 0) is 9.47 Å². The number of ether oxygens (including phenoxy) is 2. The zero-order chi connectivity index (χ0) is 18.0. The fourth-order valence-electron chi connectivity index (χ4n) is 2.80. The van der Waals surface area contributed by atoms with Crippen LogP contribution >= 0.6 is 0 Å². The topological polar surface area (TPSA) is 155 Å². The number of nitrogens with one attached hydrogen (secondary N) is 1. The molecule has 0 amide bonds. The number of hydrogen-bond acceptors (Lipinski definition) is 10. The molecule has 138 valence electrons. The van der Waals surface area contributed by atoms with Gasteiger partial charge >= 0.3 is 0 Å². The average molecular weight is 355 g/mol. The van der Waals surface area contributed by atoms with Gasteiger partial charge in [0.1, 0.15) is 30.9 Å². The Labute approximate surface area is 142 Å². The van der Waals surface area contributed by atoms with Crippen molar-refractivity contribution < 1.29 is 29.9 Å². The molecule has 2 aromatic heterocycles. The first-order valence-corrected chi connectivity index (χ1v) is 7.77. The first-order valence-electron chi connectivity index (χ1n) is 7.77. The van der Waals surface area contributed by atoms with Crippen molar-refractivity contribution in [1.29, 1.82) is 0 Å². The number of imidazole rings is 1. The summed E-state index contributed by atoms with van der Waals surface area (Å²) in [6, 6.07) is 0. The molecule has 2 aromatic rings. The van der Waals surface area contributed by atoms with Crippen molar-refractivity contribution in [1.82, 2.24) is 19.5 Å². The highest BCUT2D eigenvalue weighted by Crippen LogP contribution is 2.39. The van der Waals surface area contributed by atoms with Gasteiger partial charge in [-0.15, -0.1) is 0 Å². The van der Waals surface area contributed by atoms with Gasteiger partial charge in [-0.3, -0.25) is 4.57 Å². The van der Waals surface area contributed by atoms with Crippen LogP contribution in [0.1, 0.15) is 13.2 Å². The average Bonchev–Trinajstić information content (AvgIpc) is 3.12. The van der Waals surface area contributed by atoms with Crippen LogP contribution < -0.4 is 5.32 Å². The van der Waals surface area contributed by atoms with Crippen LogP contribution in [0.3, 0.4) is 0 Å². The quantitative estimate of drug-likeness (QED) is 0.284. The summed E-state index contributed by atoms with van der Waals surface area (Å²) in [5, 5.41) is 41.6. The van der Waals surface area contributed by atoms with Crippen molar-refractivity contribution in [3.63, 3.8) is 0 Å². The lowest BCUT2D eigenvalue weighted by molar-refractivity contribution is -0.0950. The molecule has 11 heteroatoms. The first-order chi connectivity index (χ1) is 12.0. The zero-order valence-electron chi connectivity index (χ0n) is 13.6. The van der Waals surface area contributed by atoms with Crippen molar-refractivity contribution in [2.45, 2.75) is 31.0 Å². The molecule has 4 unspecified atom stereocenters. The molecular formula is C14H21N5O6. The molecule has 3 heterocycles. The van der Waals surface area contributed by atoms with Gasteiger partial charge in [-0.25, -0.2) is 15.0 Å². The third-order valence-corrected chi connectivity index (χ3v) is 4.12. The molecular weight excluding hydrogens is 334 g/mol. The molecule has 0 radical (unpaired) electrons. The SMILES string of the molecule is CC1(O)C(O)C(CO)OC1n1cnc2c(NCOCCO)ncnc21. The van der Waals surface area contributed by atoms with E-state index < -0.39 is 30.6 Å². The maximum atomic E-state index is 10.6. The second-order valence-corrected chi connectivity index (χ2v) is 5.88. The summed E-state index contributed by atoms with van der Waals surface area (Å²) in [7, 11) is 0. The summed E-state index contributed by atoms with van der Waals surface area (Å²) in [4.78, 5) is 12.5. The Bertz CT molecular complexity index is 723. The number of fused-ring (bicyclic) bond motifs is 1. The monoisotopic (exact) mass is 355 g/mol. The van der Waals surface area contributed by atoms with Gasteiger partial charge in [0.2, 0.25) is 0 Å². The van der Waals surface area contributed by atoms with E-state index in [0.29, 0.717) is 17.0 Å². The van der Waals surface area contributed by atoms with Gasteiger partial charge in [0.05, 0.1) is 26.1 Å². The van der Waals surface area contributed by atoms with Crippen LogP contribution in [0.5, 0.6) is 0 Å². The van der Waals surface area contributed by atoms with E-state index in [4.69, 9.17) is 14.6 Å². The highest BCUT2D eigenvalue weighted by Gasteiger charge is 2.53. The molecule has 1 aliphatic rings. The number of anilines is 1. The molecule has 1 saturated heterocycles. The summed E-state index contributed by atoms with van der Waals surface area (Å²) >= 11 is 0. The second kappa shape index (κ2) is 7.15. The third-order valence-electron chi connectivity index (χ3n) is 4.12. The molecule has 0 aliphatic carbocycles. The van der Waals surface area contributed by atoms with Gasteiger partial charge in [-0.05, 0) is 6.92 Å². The first kappa shape index (κ1) is 17.9. The molecule has 5 N–H and O–H groups in total. The van der Waals surface area contributed by atoms with Gasteiger partial charge < -0.3 is 35.2 Å². The lowest BCUT2D eigenvalue weighted by Crippen LogP contribution is -2.44. The molecule has 0 saturated carbocycles. The van der Waals surface area contributed by atoms with Crippen LogP contribution in [0.15, 0.2) is 12.7 Å². The number of aromatic nitrogens is 4. The lowest BCUT2D eigenvalue weighted by atomic mass is 9.96. The molecule has 11 nitrogen and oxygen atoms in total. The van der Waals surface area contributed by atoms with E-state index in [0.717, 1.165) is 0 Å². The number of aliphatic hydroxyl groups is 4. The van der Waals surface area contributed by atoms with Crippen LogP contribution in [0.2, 0.25) is 0 Å². The zero-order valence-corrected chi connectivity index (χ0v) is 13.6. The van der Waals surface area contributed by atoms with E-state index in [9.17, 15) is 15.3 Å². The van der Waals surface area contributed by atoms with E-state index in [1.807, 2.05) is 0 Å². The molecule has 0 bridgehead atoms. The molecule has 1 aliphatic heterocycles. The molecule has 0 aromatic carbocycles. The summed E-state index contributed by atoms with van der Waals surface area (Å²) in [5.74, 6) is 0.415. The predicted molar refractivity (Wildman–Crippen MR) is 84.5 cm³/mol. The Kier molecular flexibility index (Phi) is 5.13. The highest BCUT2D eigenvalue weighted by atomic mass is 16.6. The molecule has 1 fully saturated rings. The minimum Gasteiger partial charge on any atom is -0.394 e. The van der Waals surface area contributed by atoms with Gasteiger partial charge in [0.25, 0.3) is 0 Å². The van der Waals surface area contributed by atoms with Crippen molar-refractivity contribution in [2.24, 2.45) is 0 Å². The Morgan fingerprint density at radius 1 is 1.36 bits per heavy atom. The van der Waals surface area contributed by atoms with E-state index in [1.54, 1.807) is 0 Å². The Morgan fingerprint density at radius 2 is 2.16 bits per heavy atom. The maximum absolute atomic E-state index is 10.6. The maximum Gasteiger partial charge on any atom is 0.168 e. The fourth-order valence-corrected chi connectivity index (χ4v) is 2.80. The van der Waals surface area contributed by atoms with Crippen molar-refractivity contribution >= 4 is 17.0 Å². The van der Waals surface area contributed by atoms with Gasteiger partial charge in [-0.1, -0.05) is 0 Å². The molecule has 4 atom stereocenters. The van der Waals surface area contributed by atoms with Crippen molar-refractivity contribution in [2.75, 3.05) is 31.9 Å². The summed E-state index contributed by atoms with van der Waals surface area (Å²) < 4.78 is 12.2. The fraction of sp³-hybridized carbons (Fsp3) is 0.643. The lowest BCUT2D eigenvalue weighted by Gasteiger charge is -2.27. The summed E-state index contributed by atoms with van der Waals surface area (Å²) in [5.41, 5.74) is -0.823. The number of hydrogen-bond donors (Lipinski definition) is 5. The minimum absolute atomic E-state index is 0.0854. The minimum atomic E-state index is -1.64. The van der Waals surface area contributed by atoms with E-state index in [-0.39, 0.29) is 19.9 Å². The Morgan fingerprint density at radius 3 is 2.84 bits per heavy atom. The van der Waals surface area contributed by atoms with Crippen molar-refractivity contribution in [3.8, 4) is 0 Å².